The number of amides is 1. The normalized spacial score (nSPS) is 21.4. The van der Waals surface area contributed by atoms with Crippen LogP contribution in [0.1, 0.15) is 19.8 Å². The molecule has 2 aliphatic heterocycles. The van der Waals surface area contributed by atoms with E-state index >= 15 is 0 Å². The Morgan fingerprint density at radius 3 is 2.43 bits per heavy atom. The lowest BCUT2D eigenvalue weighted by Crippen LogP contribution is -2.46. The number of ether oxygens (including phenoxy) is 3. The van der Waals surface area contributed by atoms with Crippen molar-refractivity contribution in [1.29, 1.82) is 0 Å². The number of carbonyl (C=O) groups excluding carboxylic acids is 1. The zero-order chi connectivity index (χ0) is 16.2. The van der Waals surface area contributed by atoms with Crippen LogP contribution < -0.4 is 4.74 Å². The fourth-order valence-corrected chi connectivity index (χ4v) is 3.33. The molecule has 1 aromatic carbocycles. The second-order valence-electron chi connectivity index (χ2n) is 5.99. The second kappa shape index (κ2) is 7.64. The Kier molecular flexibility index (Phi) is 5.56. The van der Waals surface area contributed by atoms with Gasteiger partial charge in [0.05, 0.1) is 13.2 Å². The van der Waals surface area contributed by atoms with Crippen molar-refractivity contribution in [2.45, 2.75) is 32.2 Å². The van der Waals surface area contributed by atoms with Crippen LogP contribution >= 0.6 is 15.9 Å². The summed E-state index contributed by atoms with van der Waals surface area (Å²) in [6.45, 7) is 4.64. The summed E-state index contributed by atoms with van der Waals surface area (Å²) in [5, 5.41) is 0. The molecule has 0 radical (unpaired) electrons. The Morgan fingerprint density at radius 1 is 1.22 bits per heavy atom. The maximum atomic E-state index is 12.5. The van der Waals surface area contributed by atoms with Crippen molar-refractivity contribution < 1.29 is 19.0 Å². The first-order valence-electron chi connectivity index (χ1n) is 8.07. The predicted octanol–water partition coefficient (Wildman–Crippen LogP) is 2.83. The Hall–Kier alpha value is -1.11. The molecule has 2 heterocycles. The zero-order valence-corrected chi connectivity index (χ0v) is 14.8. The minimum atomic E-state index is -0.480. The molecule has 2 fully saturated rings. The van der Waals surface area contributed by atoms with Crippen LogP contribution in [0.5, 0.6) is 5.75 Å². The molecular weight excluding hydrogens is 362 g/mol. The molecule has 0 aromatic heterocycles. The van der Waals surface area contributed by atoms with E-state index in [1.807, 2.05) is 29.2 Å². The summed E-state index contributed by atoms with van der Waals surface area (Å²) in [5.41, 5.74) is 0. The molecule has 1 atom stereocenters. The molecule has 0 spiro atoms. The number of halogens is 1. The Bertz CT molecular complexity index is 522. The highest BCUT2D eigenvalue weighted by molar-refractivity contribution is 9.10. The molecule has 126 valence electrons. The molecule has 0 N–H and O–H groups in total. The lowest BCUT2D eigenvalue weighted by atomic mass is 9.96. The van der Waals surface area contributed by atoms with Crippen molar-refractivity contribution in [3.8, 4) is 5.75 Å². The van der Waals surface area contributed by atoms with Crippen molar-refractivity contribution in [2.75, 3.05) is 26.3 Å². The molecule has 0 saturated carbocycles. The van der Waals surface area contributed by atoms with E-state index in [4.69, 9.17) is 14.2 Å². The van der Waals surface area contributed by atoms with Gasteiger partial charge in [0.1, 0.15) is 5.75 Å². The van der Waals surface area contributed by atoms with E-state index < -0.39 is 6.10 Å². The van der Waals surface area contributed by atoms with E-state index in [1.54, 1.807) is 6.92 Å². The third-order valence-electron chi connectivity index (χ3n) is 4.36. The molecule has 0 bridgehead atoms. The summed E-state index contributed by atoms with van der Waals surface area (Å²) >= 11 is 3.39. The van der Waals surface area contributed by atoms with Gasteiger partial charge in [0.15, 0.2) is 12.4 Å². The predicted molar refractivity (Wildman–Crippen MR) is 89.2 cm³/mol. The van der Waals surface area contributed by atoms with Crippen LogP contribution in [-0.2, 0) is 14.3 Å². The first-order chi connectivity index (χ1) is 11.1. The van der Waals surface area contributed by atoms with Crippen molar-refractivity contribution >= 4 is 21.8 Å². The molecule has 1 amide bonds. The average Bonchev–Trinajstić information content (AvgIpc) is 3.11. The van der Waals surface area contributed by atoms with E-state index in [1.165, 1.54) is 0 Å². The molecular formula is C17H22BrNO4. The Morgan fingerprint density at radius 2 is 1.83 bits per heavy atom. The van der Waals surface area contributed by atoms with Gasteiger partial charge in [0, 0.05) is 23.5 Å². The number of carbonyl (C=O) groups is 1. The lowest BCUT2D eigenvalue weighted by Gasteiger charge is -2.35. The van der Waals surface area contributed by atoms with Gasteiger partial charge in [-0.1, -0.05) is 15.9 Å². The number of nitrogens with zero attached hydrogens (tertiary/aromatic N) is 1. The topological polar surface area (TPSA) is 48.0 Å². The zero-order valence-electron chi connectivity index (χ0n) is 13.2. The summed E-state index contributed by atoms with van der Waals surface area (Å²) in [5.74, 6) is 1.14. The third-order valence-corrected chi connectivity index (χ3v) is 4.89. The summed E-state index contributed by atoms with van der Waals surface area (Å²) in [4.78, 5) is 14.4. The number of piperidine rings is 1. The molecule has 1 aromatic rings. The maximum Gasteiger partial charge on any atom is 0.263 e. The van der Waals surface area contributed by atoms with Gasteiger partial charge in [-0.3, -0.25) is 4.79 Å². The summed E-state index contributed by atoms with van der Waals surface area (Å²) in [6.07, 6.45) is 1.28. The standard InChI is InChI=1S/C17H22BrNO4/c1-12(23-15-4-2-14(18)3-5-15)16(20)19-8-6-13(7-9-19)17-21-10-11-22-17/h2-5,12-13,17H,6-11H2,1H3. The molecule has 3 rings (SSSR count). The highest BCUT2D eigenvalue weighted by Gasteiger charge is 2.33. The van der Waals surface area contributed by atoms with Gasteiger partial charge in [-0.05, 0) is 44.0 Å². The molecule has 5 nitrogen and oxygen atoms in total. The van der Waals surface area contributed by atoms with Crippen LogP contribution in [0.15, 0.2) is 28.7 Å². The minimum Gasteiger partial charge on any atom is -0.481 e. The Labute approximate surface area is 145 Å². The maximum absolute atomic E-state index is 12.5. The molecule has 1 unspecified atom stereocenters. The van der Waals surface area contributed by atoms with Gasteiger partial charge in [-0.15, -0.1) is 0 Å². The monoisotopic (exact) mass is 383 g/mol. The van der Waals surface area contributed by atoms with Crippen LogP contribution in [-0.4, -0.2) is 49.5 Å². The smallest absolute Gasteiger partial charge is 0.263 e. The van der Waals surface area contributed by atoms with Gasteiger partial charge in [0.2, 0.25) is 0 Å². The second-order valence-corrected chi connectivity index (χ2v) is 6.90. The number of hydrogen-bond donors (Lipinski definition) is 0. The van der Waals surface area contributed by atoms with E-state index in [-0.39, 0.29) is 12.2 Å². The van der Waals surface area contributed by atoms with Crippen molar-refractivity contribution in [1.82, 2.24) is 4.90 Å². The first-order valence-corrected chi connectivity index (χ1v) is 8.87. The minimum absolute atomic E-state index is 0.0413. The van der Waals surface area contributed by atoms with Gasteiger partial charge >= 0.3 is 0 Å². The molecule has 6 heteroatoms. The SMILES string of the molecule is CC(Oc1ccc(Br)cc1)C(=O)N1CCC(C2OCCO2)CC1. The number of hydrogen-bond acceptors (Lipinski definition) is 4. The van der Waals surface area contributed by atoms with Crippen LogP contribution in [0.2, 0.25) is 0 Å². The van der Waals surface area contributed by atoms with E-state index in [2.05, 4.69) is 15.9 Å². The first kappa shape index (κ1) is 16.7. The van der Waals surface area contributed by atoms with E-state index in [0.717, 1.165) is 30.4 Å². The molecule has 23 heavy (non-hydrogen) atoms. The van der Waals surface area contributed by atoms with Crippen LogP contribution in [0, 0.1) is 5.92 Å². The van der Waals surface area contributed by atoms with Gasteiger partial charge in [-0.2, -0.15) is 0 Å². The lowest BCUT2D eigenvalue weighted by molar-refractivity contribution is -0.143. The number of rotatable bonds is 4. The number of likely N-dealkylation sites (tertiary alicyclic amines) is 1. The molecule has 2 saturated heterocycles. The van der Waals surface area contributed by atoms with Crippen molar-refractivity contribution in [3.63, 3.8) is 0 Å². The van der Waals surface area contributed by atoms with E-state index in [9.17, 15) is 4.79 Å². The van der Waals surface area contributed by atoms with Crippen LogP contribution in [0.3, 0.4) is 0 Å². The average molecular weight is 384 g/mol. The van der Waals surface area contributed by atoms with E-state index in [0.29, 0.717) is 24.9 Å². The van der Waals surface area contributed by atoms with Crippen LogP contribution in [0.4, 0.5) is 0 Å². The summed E-state index contributed by atoms with van der Waals surface area (Å²) in [7, 11) is 0. The highest BCUT2D eigenvalue weighted by Crippen LogP contribution is 2.26. The largest absolute Gasteiger partial charge is 0.481 e. The fourth-order valence-electron chi connectivity index (χ4n) is 3.07. The van der Waals surface area contributed by atoms with Crippen molar-refractivity contribution in [2.24, 2.45) is 5.92 Å². The molecule has 0 aliphatic carbocycles. The highest BCUT2D eigenvalue weighted by atomic mass is 79.9. The summed E-state index contributed by atoms with van der Waals surface area (Å²) < 4.78 is 17.9. The molecule has 2 aliphatic rings. The van der Waals surface area contributed by atoms with Gasteiger partial charge in [0.25, 0.3) is 5.91 Å². The Balaban J connectivity index is 1.49. The van der Waals surface area contributed by atoms with Gasteiger partial charge in [-0.25, -0.2) is 0 Å². The number of benzene rings is 1. The van der Waals surface area contributed by atoms with Crippen molar-refractivity contribution in [3.05, 3.63) is 28.7 Å². The third kappa shape index (κ3) is 4.25. The van der Waals surface area contributed by atoms with Gasteiger partial charge < -0.3 is 19.1 Å². The van der Waals surface area contributed by atoms with Crippen LogP contribution in [0.25, 0.3) is 0 Å². The summed E-state index contributed by atoms with van der Waals surface area (Å²) in [6, 6.07) is 7.52. The quantitative estimate of drug-likeness (QED) is 0.801. The fraction of sp³-hybridized carbons (Fsp3) is 0.588.